The Bertz CT molecular complexity index is 417. The van der Waals surface area contributed by atoms with Gasteiger partial charge in [-0.15, -0.1) is 0 Å². The first-order valence-electron chi connectivity index (χ1n) is 6.59. The number of aldehydes is 1. The van der Waals surface area contributed by atoms with Crippen LogP contribution in [0.3, 0.4) is 0 Å². The van der Waals surface area contributed by atoms with Gasteiger partial charge in [0, 0.05) is 30.7 Å². The van der Waals surface area contributed by atoms with Crippen molar-refractivity contribution in [3.05, 3.63) is 22.4 Å². The fourth-order valence-electron chi connectivity index (χ4n) is 2.11. The Kier molecular flexibility index (Phi) is 7.33. The Morgan fingerprint density at radius 3 is 2.75 bits per heavy atom. The minimum absolute atomic E-state index is 0.188. The quantitative estimate of drug-likeness (QED) is 0.338. The molecule has 0 unspecified atom stereocenters. The molecule has 0 saturated carbocycles. The van der Waals surface area contributed by atoms with E-state index >= 15 is 0 Å². The first-order valence-corrected chi connectivity index (χ1v) is 6.96. The van der Waals surface area contributed by atoms with E-state index in [9.17, 15) is 9.59 Å². The van der Waals surface area contributed by atoms with Crippen LogP contribution in [0.1, 0.15) is 25.7 Å². The Hall–Kier alpha value is -1.33. The van der Waals surface area contributed by atoms with E-state index in [1.54, 1.807) is 0 Å². The van der Waals surface area contributed by atoms with Crippen LogP contribution in [0.4, 0.5) is 0 Å². The Labute approximate surface area is 123 Å². The molecule has 1 rings (SSSR count). The number of rotatable bonds is 7. The number of nitrogens with zero attached hydrogens (tertiary/aromatic N) is 1. The molecule has 0 spiro atoms. The number of aliphatic hydroxyl groups is 1. The lowest BCUT2D eigenvalue weighted by atomic mass is 10.1. The minimum atomic E-state index is -0.188. The van der Waals surface area contributed by atoms with Crippen LogP contribution in [-0.2, 0) is 14.3 Å². The summed E-state index contributed by atoms with van der Waals surface area (Å²) in [6, 6.07) is 0. The van der Waals surface area contributed by atoms with Crippen molar-refractivity contribution in [3.8, 4) is 0 Å². The maximum atomic E-state index is 10.9. The van der Waals surface area contributed by atoms with Gasteiger partial charge in [-0.2, -0.15) is 0 Å². The van der Waals surface area contributed by atoms with Crippen LogP contribution in [0.25, 0.3) is 0 Å². The number of unbranched alkanes of at least 4 members (excludes halogenated alkanes) is 2. The third-order valence-electron chi connectivity index (χ3n) is 3.23. The number of carbonyl (C=O) groups excluding carboxylic acids is 2. The zero-order chi connectivity index (χ0) is 15.0. The van der Waals surface area contributed by atoms with Gasteiger partial charge in [0.2, 0.25) is 0 Å². The van der Waals surface area contributed by atoms with Crippen molar-refractivity contribution in [2.24, 2.45) is 0 Å². The summed E-state index contributed by atoms with van der Waals surface area (Å²) >= 11 is 5.99. The highest BCUT2D eigenvalue weighted by Crippen LogP contribution is 2.25. The molecule has 0 aromatic rings. The number of halogens is 1. The molecular weight excluding hydrogens is 282 g/mol. The van der Waals surface area contributed by atoms with Crippen LogP contribution in [0.2, 0.25) is 0 Å². The van der Waals surface area contributed by atoms with Crippen molar-refractivity contribution in [2.75, 3.05) is 26.7 Å². The molecule has 0 radical (unpaired) electrons. The molecule has 1 heterocycles. The Morgan fingerprint density at radius 2 is 2.15 bits per heavy atom. The summed E-state index contributed by atoms with van der Waals surface area (Å²) in [5, 5.41) is 9.47. The summed E-state index contributed by atoms with van der Waals surface area (Å²) in [5.74, 6) is -0.188. The normalized spacial score (nSPS) is 18.4. The minimum Gasteiger partial charge on any atom is -0.515 e. The average Bonchev–Trinajstić information content (AvgIpc) is 2.47. The molecule has 5 nitrogen and oxygen atoms in total. The van der Waals surface area contributed by atoms with Gasteiger partial charge in [-0.1, -0.05) is 18.0 Å². The SMILES string of the molecule is COC(=O)CCCCCN1CC(C=O)=C(Cl)/C(=C\O)C1. The molecule has 1 aliphatic heterocycles. The third-order valence-corrected chi connectivity index (χ3v) is 3.72. The summed E-state index contributed by atoms with van der Waals surface area (Å²) in [5.41, 5.74) is 1.06. The lowest BCUT2D eigenvalue weighted by Crippen LogP contribution is -2.33. The highest BCUT2D eigenvalue weighted by Gasteiger charge is 2.21. The van der Waals surface area contributed by atoms with Gasteiger partial charge in [0.1, 0.15) is 6.29 Å². The number of aliphatic hydroxyl groups excluding tert-OH is 1. The molecule has 112 valence electrons. The number of hydrogen-bond donors (Lipinski definition) is 1. The Balaban J connectivity index is 2.36. The van der Waals surface area contributed by atoms with E-state index in [1.165, 1.54) is 7.11 Å². The second-order valence-electron chi connectivity index (χ2n) is 4.71. The summed E-state index contributed by atoms with van der Waals surface area (Å²) in [7, 11) is 1.38. The molecule has 0 fully saturated rings. The maximum Gasteiger partial charge on any atom is 0.305 e. The number of carbonyl (C=O) groups is 2. The highest BCUT2D eigenvalue weighted by atomic mass is 35.5. The molecule has 20 heavy (non-hydrogen) atoms. The largest absolute Gasteiger partial charge is 0.515 e. The first kappa shape index (κ1) is 16.7. The van der Waals surface area contributed by atoms with E-state index in [0.717, 1.165) is 38.4 Å². The van der Waals surface area contributed by atoms with Crippen molar-refractivity contribution in [3.63, 3.8) is 0 Å². The lowest BCUT2D eigenvalue weighted by molar-refractivity contribution is -0.140. The van der Waals surface area contributed by atoms with Gasteiger partial charge < -0.3 is 9.84 Å². The molecule has 1 aliphatic rings. The first-order chi connectivity index (χ1) is 9.62. The molecule has 0 saturated heterocycles. The predicted octanol–water partition coefficient (Wildman–Crippen LogP) is 2.17. The molecular formula is C14H20ClNO4. The molecule has 0 atom stereocenters. The second kappa shape index (κ2) is 8.76. The monoisotopic (exact) mass is 301 g/mol. The molecule has 0 bridgehead atoms. The molecule has 1 N–H and O–H groups in total. The predicted molar refractivity (Wildman–Crippen MR) is 76.6 cm³/mol. The smallest absolute Gasteiger partial charge is 0.305 e. The van der Waals surface area contributed by atoms with Gasteiger partial charge in [0.05, 0.1) is 18.4 Å². The van der Waals surface area contributed by atoms with Crippen molar-refractivity contribution in [2.45, 2.75) is 25.7 Å². The number of ether oxygens (including phenoxy) is 1. The van der Waals surface area contributed by atoms with Crippen LogP contribution >= 0.6 is 11.6 Å². The van der Waals surface area contributed by atoms with Gasteiger partial charge in [0.15, 0.2) is 0 Å². The van der Waals surface area contributed by atoms with Crippen molar-refractivity contribution < 1.29 is 19.4 Å². The van der Waals surface area contributed by atoms with Crippen LogP contribution in [0, 0.1) is 0 Å². The van der Waals surface area contributed by atoms with Crippen molar-refractivity contribution in [1.82, 2.24) is 4.90 Å². The van der Waals surface area contributed by atoms with E-state index in [2.05, 4.69) is 9.64 Å². The topological polar surface area (TPSA) is 66.8 Å². The molecule has 6 heteroatoms. The molecule has 0 aromatic carbocycles. The van der Waals surface area contributed by atoms with E-state index in [1.807, 2.05) is 0 Å². The molecule has 0 aliphatic carbocycles. The van der Waals surface area contributed by atoms with Gasteiger partial charge >= 0.3 is 5.97 Å². The lowest BCUT2D eigenvalue weighted by Gasteiger charge is -2.28. The van der Waals surface area contributed by atoms with Gasteiger partial charge in [-0.25, -0.2) is 0 Å². The average molecular weight is 302 g/mol. The Morgan fingerprint density at radius 1 is 1.40 bits per heavy atom. The number of esters is 1. The standard InChI is InChI=1S/C14H20ClNO4/c1-20-13(19)5-3-2-4-6-16-7-11(9-17)14(15)12(8-16)10-18/h9-10,17H,2-8H2,1H3/b11-9-. The van der Waals surface area contributed by atoms with Crippen molar-refractivity contribution in [1.29, 1.82) is 0 Å². The van der Waals surface area contributed by atoms with Crippen LogP contribution in [-0.4, -0.2) is 49.0 Å². The molecule has 0 amide bonds. The third kappa shape index (κ3) is 4.98. The van der Waals surface area contributed by atoms with Crippen LogP contribution in [0.15, 0.2) is 22.4 Å². The number of hydrogen-bond acceptors (Lipinski definition) is 5. The van der Waals surface area contributed by atoms with Gasteiger partial charge in [-0.05, 0) is 19.4 Å². The fourth-order valence-corrected chi connectivity index (χ4v) is 2.32. The van der Waals surface area contributed by atoms with E-state index < -0.39 is 0 Å². The summed E-state index contributed by atoms with van der Waals surface area (Å²) < 4.78 is 4.57. The van der Waals surface area contributed by atoms with Crippen LogP contribution in [0.5, 0.6) is 0 Å². The fraction of sp³-hybridized carbons (Fsp3) is 0.571. The summed E-state index contributed by atoms with van der Waals surface area (Å²) in [6.07, 6.45) is 4.74. The van der Waals surface area contributed by atoms with Crippen molar-refractivity contribution >= 4 is 23.9 Å². The van der Waals surface area contributed by atoms with E-state index in [-0.39, 0.29) is 5.97 Å². The summed E-state index contributed by atoms with van der Waals surface area (Å²) in [4.78, 5) is 23.9. The van der Waals surface area contributed by atoms with E-state index in [0.29, 0.717) is 35.7 Å². The van der Waals surface area contributed by atoms with E-state index in [4.69, 9.17) is 16.7 Å². The maximum absolute atomic E-state index is 10.9. The second-order valence-corrected chi connectivity index (χ2v) is 5.09. The summed E-state index contributed by atoms with van der Waals surface area (Å²) in [6.45, 7) is 1.82. The number of methoxy groups -OCH3 is 1. The zero-order valence-electron chi connectivity index (χ0n) is 11.6. The van der Waals surface area contributed by atoms with Gasteiger partial charge in [-0.3, -0.25) is 14.5 Å². The van der Waals surface area contributed by atoms with Gasteiger partial charge in [0.25, 0.3) is 0 Å². The van der Waals surface area contributed by atoms with Crippen LogP contribution < -0.4 is 0 Å². The highest BCUT2D eigenvalue weighted by molar-refractivity contribution is 6.33. The molecule has 0 aromatic heterocycles. The zero-order valence-corrected chi connectivity index (χ0v) is 12.4.